The topological polar surface area (TPSA) is 74.4 Å². The molecule has 1 atom stereocenters. The number of ether oxygens (including phenoxy) is 2. The molecule has 0 radical (unpaired) electrons. The minimum absolute atomic E-state index is 0.177. The van der Waals surface area contributed by atoms with Crippen molar-refractivity contribution in [1.29, 1.82) is 0 Å². The summed E-state index contributed by atoms with van der Waals surface area (Å²) in [6, 6.07) is 3.57. The molecule has 0 aliphatic heterocycles. The van der Waals surface area contributed by atoms with Gasteiger partial charge in [0.2, 0.25) is 0 Å². The fourth-order valence-corrected chi connectivity index (χ4v) is 1.46. The summed E-state index contributed by atoms with van der Waals surface area (Å²) >= 11 is 0. The first-order valence-electron chi connectivity index (χ1n) is 4.98. The number of methoxy groups -OCH3 is 2. The molecule has 0 aliphatic carbocycles. The lowest BCUT2D eigenvalue weighted by atomic mass is 10.0. The van der Waals surface area contributed by atoms with Gasteiger partial charge in [0.05, 0.1) is 26.3 Å². The van der Waals surface area contributed by atoms with Gasteiger partial charge in [0.1, 0.15) is 5.75 Å². The Balaban J connectivity index is 2.89. The average Bonchev–Trinajstić information content (AvgIpc) is 2.35. The maximum absolute atomic E-state index is 11.2. The number of carbonyl (C=O) groups is 1. The summed E-state index contributed by atoms with van der Waals surface area (Å²) in [5, 5.41) is 0. The van der Waals surface area contributed by atoms with Crippen molar-refractivity contribution in [2.75, 3.05) is 20.8 Å². The van der Waals surface area contributed by atoms with Crippen LogP contribution in [0.5, 0.6) is 5.75 Å². The molecule has 0 fully saturated rings. The number of pyridine rings is 1. The summed E-state index contributed by atoms with van der Waals surface area (Å²) in [4.78, 5) is 15.4. The molecule has 16 heavy (non-hydrogen) atoms. The molecule has 5 heteroatoms. The number of esters is 1. The van der Waals surface area contributed by atoms with Crippen LogP contribution in [0.15, 0.2) is 18.3 Å². The fraction of sp³-hybridized carbons (Fsp3) is 0.455. The highest BCUT2D eigenvalue weighted by atomic mass is 16.5. The molecule has 0 amide bonds. The van der Waals surface area contributed by atoms with Crippen molar-refractivity contribution in [2.45, 2.75) is 12.3 Å². The third kappa shape index (κ3) is 2.93. The summed E-state index contributed by atoms with van der Waals surface area (Å²) in [6.07, 6.45) is 1.86. The van der Waals surface area contributed by atoms with Crippen LogP contribution in [0.4, 0.5) is 0 Å². The van der Waals surface area contributed by atoms with Crippen LogP contribution in [-0.2, 0) is 9.53 Å². The summed E-state index contributed by atoms with van der Waals surface area (Å²) in [5.41, 5.74) is 6.32. The molecule has 1 heterocycles. The van der Waals surface area contributed by atoms with E-state index in [1.165, 1.54) is 7.11 Å². The molecule has 5 nitrogen and oxygen atoms in total. The second-order valence-corrected chi connectivity index (χ2v) is 3.30. The Morgan fingerprint density at radius 1 is 1.56 bits per heavy atom. The number of carbonyl (C=O) groups excluding carboxylic acids is 1. The van der Waals surface area contributed by atoms with Crippen LogP contribution in [-0.4, -0.2) is 31.7 Å². The van der Waals surface area contributed by atoms with Crippen molar-refractivity contribution in [3.05, 3.63) is 24.0 Å². The van der Waals surface area contributed by atoms with Crippen molar-refractivity contribution in [3.63, 3.8) is 0 Å². The molecule has 88 valence electrons. The van der Waals surface area contributed by atoms with Gasteiger partial charge in [0.25, 0.3) is 0 Å². The van der Waals surface area contributed by atoms with Crippen molar-refractivity contribution in [1.82, 2.24) is 4.98 Å². The average molecular weight is 224 g/mol. The number of hydrogen-bond donors (Lipinski definition) is 1. The van der Waals surface area contributed by atoms with E-state index < -0.39 is 0 Å². The van der Waals surface area contributed by atoms with Crippen LogP contribution < -0.4 is 10.5 Å². The van der Waals surface area contributed by atoms with Gasteiger partial charge in [-0.1, -0.05) is 0 Å². The highest BCUT2D eigenvalue weighted by Gasteiger charge is 2.19. The van der Waals surface area contributed by atoms with Crippen molar-refractivity contribution in [3.8, 4) is 5.75 Å². The van der Waals surface area contributed by atoms with Gasteiger partial charge in [-0.3, -0.25) is 9.78 Å². The number of hydrogen-bond acceptors (Lipinski definition) is 5. The third-order valence-corrected chi connectivity index (χ3v) is 2.33. The van der Waals surface area contributed by atoms with Crippen LogP contribution in [0.25, 0.3) is 0 Å². The quantitative estimate of drug-likeness (QED) is 0.745. The van der Waals surface area contributed by atoms with Crippen LogP contribution in [0.3, 0.4) is 0 Å². The standard InChI is InChI=1S/C11H16N2O3/c1-15-9-4-3-5-13-11(9)8(7-12)6-10(14)16-2/h3-5,8H,6-7,12H2,1-2H3. The van der Waals surface area contributed by atoms with Gasteiger partial charge in [-0.2, -0.15) is 0 Å². The first kappa shape index (κ1) is 12.4. The SMILES string of the molecule is COC(=O)CC(CN)c1ncccc1OC. The van der Waals surface area contributed by atoms with E-state index in [1.54, 1.807) is 25.4 Å². The van der Waals surface area contributed by atoms with E-state index in [2.05, 4.69) is 9.72 Å². The maximum atomic E-state index is 11.2. The van der Waals surface area contributed by atoms with Gasteiger partial charge in [-0.05, 0) is 12.1 Å². The first-order valence-corrected chi connectivity index (χ1v) is 4.98. The summed E-state index contributed by atoms with van der Waals surface area (Å²) in [5.74, 6) is 0.161. The Morgan fingerprint density at radius 2 is 2.31 bits per heavy atom. The highest BCUT2D eigenvalue weighted by Crippen LogP contribution is 2.25. The van der Waals surface area contributed by atoms with Crippen LogP contribution in [0.1, 0.15) is 18.0 Å². The Labute approximate surface area is 94.6 Å². The molecule has 1 aromatic rings. The molecule has 1 unspecified atom stereocenters. The van der Waals surface area contributed by atoms with Crippen LogP contribution in [0, 0.1) is 0 Å². The van der Waals surface area contributed by atoms with Crippen molar-refractivity contribution < 1.29 is 14.3 Å². The lowest BCUT2D eigenvalue weighted by Crippen LogP contribution is -2.19. The van der Waals surface area contributed by atoms with Gasteiger partial charge >= 0.3 is 5.97 Å². The number of rotatable bonds is 5. The molecule has 0 aromatic carbocycles. The summed E-state index contributed by atoms with van der Waals surface area (Å²) in [7, 11) is 2.91. The van der Waals surface area contributed by atoms with E-state index in [0.717, 1.165) is 0 Å². The van der Waals surface area contributed by atoms with Gasteiger partial charge in [-0.25, -0.2) is 0 Å². The molecule has 1 rings (SSSR count). The van der Waals surface area contributed by atoms with Gasteiger partial charge in [0, 0.05) is 18.7 Å². The minimum atomic E-state index is -0.303. The number of nitrogens with two attached hydrogens (primary N) is 1. The number of aromatic nitrogens is 1. The molecule has 0 saturated carbocycles. The summed E-state index contributed by atoms with van der Waals surface area (Å²) < 4.78 is 9.79. The summed E-state index contributed by atoms with van der Waals surface area (Å²) in [6.45, 7) is 0.322. The second-order valence-electron chi connectivity index (χ2n) is 3.30. The van der Waals surface area contributed by atoms with Crippen LogP contribution in [0.2, 0.25) is 0 Å². The molecule has 0 bridgehead atoms. The Hall–Kier alpha value is -1.62. The van der Waals surface area contributed by atoms with E-state index in [1.807, 2.05) is 0 Å². The molecule has 0 aliphatic rings. The Morgan fingerprint density at radius 3 is 2.88 bits per heavy atom. The fourth-order valence-electron chi connectivity index (χ4n) is 1.46. The van der Waals surface area contributed by atoms with Gasteiger partial charge in [-0.15, -0.1) is 0 Å². The largest absolute Gasteiger partial charge is 0.495 e. The van der Waals surface area contributed by atoms with E-state index in [4.69, 9.17) is 10.5 Å². The van der Waals surface area contributed by atoms with Crippen molar-refractivity contribution >= 4 is 5.97 Å². The molecule has 2 N–H and O–H groups in total. The van der Waals surface area contributed by atoms with Crippen LogP contribution >= 0.6 is 0 Å². The highest BCUT2D eigenvalue weighted by molar-refractivity contribution is 5.70. The zero-order valence-corrected chi connectivity index (χ0v) is 9.47. The monoisotopic (exact) mass is 224 g/mol. The Kier molecular flexibility index (Phi) is 4.72. The van der Waals surface area contributed by atoms with Gasteiger partial charge < -0.3 is 15.2 Å². The van der Waals surface area contributed by atoms with Gasteiger partial charge in [0.15, 0.2) is 0 Å². The minimum Gasteiger partial charge on any atom is -0.495 e. The predicted molar refractivity (Wildman–Crippen MR) is 59.2 cm³/mol. The lowest BCUT2D eigenvalue weighted by molar-refractivity contribution is -0.141. The molecular formula is C11H16N2O3. The van der Waals surface area contributed by atoms with E-state index in [9.17, 15) is 4.79 Å². The van der Waals surface area contributed by atoms with E-state index in [0.29, 0.717) is 18.0 Å². The normalized spacial score (nSPS) is 11.9. The zero-order valence-electron chi connectivity index (χ0n) is 9.47. The maximum Gasteiger partial charge on any atom is 0.306 e. The number of nitrogens with zero attached hydrogens (tertiary/aromatic N) is 1. The first-order chi connectivity index (χ1) is 7.72. The van der Waals surface area contributed by atoms with E-state index >= 15 is 0 Å². The lowest BCUT2D eigenvalue weighted by Gasteiger charge is -2.15. The third-order valence-electron chi connectivity index (χ3n) is 2.33. The smallest absolute Gasteiger partial charge is 0.306 e. The predicted octanol–water partition coefficient (Wildman–Crippen LogP) is 0.696. The molecule has 0 saturated heterocycles. The zero-order chi connectivity index (χ0) is 12.0. The van der Waals surface area contributed by atoms with E-state index in [-0.39, 0.29) is 18.3 Å². The molecule has 0 spiro atoms. The van der Waals surface area contributed by atoms with Crippen molar-refractivity contribution in [2.24, 2.45) is 5.73 Å². The Bertz CT molecular complexity index is 355. The molecular weight excluding hydrogens is 208 g/mol. The molecule has 1 aromatic heterocycles. The second kappa shape index (κ2) is 6.07.